The molecule has 0 saturated heterocycles. The third-order valence-electron chi connectivity index (χ3n) is 2.66. The molecular formula is C13H15FN2O3S2. The molecule has 1 aromatic heterocycles. The van der Waals surface area contributed by atoms with Crippen LogP contribution in [0.4, 0.5) is 10.1 Å². The minimum absolute atomic E-state index is 0.0821. The minimum atomic E-state index is -3.78. The molecule has 21 heavy (non-hydrogen) atoms. The first-order valence-corrected chi connectivity index (χ1v) is 8.55. The van der Waals surface area contributed by atoms with Crippen LogP contribution in [-0.4, -0.2) is 15.0 Å². The van der Waals surface area contributed by atoms with Gasteiger partial charge in [-0.1, -0.05) is 0 Å². The Morgan fingerprint density at radius 3 is 2.76 bits per heavy atom. The van der Waals surface area contributed by atoms with Gasteiger partial charge in [0, 0.05) is 17.5 Å². The summed E-state index contributed by atoms with van der Waals surface area (Å²) in [5.41, 5.74) is 5.63. The largest absolute Gasteiger partial charge is 0.491 e. The highest BCUT2D eigenvalue weighted by molar-refractivity contribution is 7.93. The van der Waals surface area contributed by atoms with Crippen molar-refractivity contribution >= 4 is 27.0 Å². The number of benzene rings is 1. The first-order valence-electron chi connectivity index (χ1n) is 6.19. The number of sulfonamides is 1. The Kier molecular flexibility index (Phi) is 4.81. The van der Waals surface area contributed by atoms with Crippen LogP contribution in [0.15, 0.2) is 34.5 Å². The number of nitrogens with two attached hydrogens (primary N) is 1. The lowest BCUT2D eigenvalue weighted by Gasteiger charge is -2.10. The maximum atomic E-state index is 13.7. The van der Waals surface area contributed by atoms with Crippen molar-refractivity contribution in [2.45, 2.75) is 18.4 Å². The second kappa shape index (κ2) is 6.42. The molecule has 1 aromatic carbocycles. The molecule has 2 aromatic rings. The second-order valence-electron chi connectivity index (χ2n) is 4.10. The van der Waals surface area contributed by atoms with E-state index in [1.54, 1.807) is 12.3 Å². The van der Waals surface area contributed by atoms with Crippen LogP contribution in [0.1, 0.15) is 11.8 Å². The van der Waals surface area contributed by atoms with E-state index in [0.717, 1.165) is 6.07 Å². The highest BCUT2D eigenvalue weighted by atomic mass is 32.2. The van der Waals surface area contributed by atoms with E-state index >= 15 is 0 Å². The number of ether oxygens (including phenoxy) is 1. The van der Waals surface area contributed by atoms with Gasteiger partial charge in [-0.15, -0.1) is 11.3 Å². The molecule has 0 bridgehead atoms. The summed E-state index contributed by atoms with van der Waals surface area (Å²) in [4.78, 5) is 0.665. The highest BCUT2D eigenvalue weighted by Crippen LogP contribution is 2.26. The van der Waals surface area contributed by atoms with Crippen molar-refractivity contribution < 1.29 is 17.5 Å². The smallest absolute Gasteiger partial charge is 0.263 e. The molecule has 114 valence electrons. The monoisotopic (exact) mass is 330 g/mol. The lowest BCUT2D eigenvalue weighted by molar-refractivity contribution is 0.321. The number of hydrogen-bond donors (Lipinski definition) is 2. The number of halogens is 1. The number of anilines is 1. The molecule has 0 unspecified atom stereocenters. The van der Waals surface area contributed by atoms with Crippen molar-refractivity contribution in [3.63, 3.8) is 0 Å². The van der Waals surface area contributed by atoms with Gasteiger partial charge in [0.1, 0.15) is 4.90 Å². The number of nitrogens with one attached hydrogen (secondary N) is 1. The summed E-state index contributed by atoms with van der Waals surface area (Å²) in [6.07, 6.45) is 0. The Bertz CT molecular complexity index is 729. The number of rotatable bonds is 6. The maximum absolute atomic E-state index is 13.7. The Morgan fingerprint density at radius 1 is 1.38 bits per heavy atom. The van der Waals surface area contributed by atoms with Crippen molar-refractivity contribution in [1.29, 1.82) is 0 Å². The Morgan fingerprint density at radius 2 is 2.14 bits per heavy atom. The molecule has 0 aliphatic rings. The summed E-state index contributed by atoms with van der Waals surface area (Å²) < 4.78 is 45.6. The van der Waals surface area contributed by atoms with Crippen molar-refractivity contribution in [2.24, 2.45) is 5.73 Å². The molecule has 0 aliphatic carbocycles. The van der Waals surface area contributed by atoms with Crippen LogP contribution in [0.3, 0.4) is 0 Å². The molecule has 2 rings (SSSR count). The van der Waals surface area contributed by atoms with Crippen LogP contribution >= 0.6 is 11.3 Å². The maximum Gasteiger partial charge on any atom is 0.263 e. The average Bonchev–Trinajstić information content (AvgIpc) is 2.91. The fourth-order valence-electron chi connectivity index (χ4n) is 1.76. The molecule has 8 heteroatoms. The van der Waals surface area contributed by atoms with Crippen molar-refractivity contribution in [1.82, 2.24) is 0 Å². The zero-order chi connectivity index (χ0) is 15.5. The van der Waals surface area contributed by atoms with Gasteiger partial charge < -0.3 is 10.5 Å². The predicted octanol–water partition coefficient (Wildman–Crippen LogP) is 2.55. The zero-order valence-electron chi connectivity index (χ0n) is 11.3. The van der Waals surface area contributed by atoms with Gasteiger partial charge in [-0.25, -0.2) is 12.8 Å². The third-order valence-corrected chi connectivity index (χ3v) is 5.20. The third kappa shape index (κ3) is 3.52. The highest BCUT2D eigenvalue weighted by Gasteiger charge is 2.19. The van der Waals surface area contributed by atoms with E-state index in [2.05, 4.69) is 4.72 Å². The summed E-state index contributed by atoms with van der Waals surface area (Å²) in [5, 5.41) is 1.65. The molecule has 1 heterocycles. The van der Waals surface area contributed by atoms with Crippen molar-refractivity contribution in [3.05, 3.63) is 40.3 Å². The van der Waals surface area contributed by atoms with Gasteiger partial charge in [0.2, 0.25) is 0 Å². The molecule has 0 radical (unpaired) electrons. The quantitative estimate of drug-likeness (QED) is 0.853. The van der Waals surface area contributed by atoms with Gasteiger partial charge >= 0.3 is 0 Å². The van der Waals surface area contributed by atoms with Gasteiger partial charge in [0.25, 0.3) is 10.0 Å². The fraction of sp³-hybridized carbons (Fsp3) is 0.231. The van der Waals surface area contributed by atoms with Gasteiger partial charge in [0.15, 0.2) is 11.6 Å². The SMILES string of the molecule is CCOc1ccc(NS(=O)(=O)c2ccsc2CN)cc1F. The topological polar surface area (TPSA) is 81.4 Å². The normalized spacial score (nSPS) is 11.4. The van der Waals surface area contributed by atoms with E-state index < -0.39 is 15.8 Å². The lowest BCUT2D eigenvalue weighted by Crippen LogP contribution is -2.14. The fourth-order valence-corrected chi connectivity index (χ4v) is 4.15. The van der Waals surface area contributed by atoms with Crippen LogP contribution < -0.4 is 15.2 Å². The van der Waals surface area contributed by atoms with Crippen LogP contribution in [0.5, 0.6) is 5.75 Å². The van der Waals surface area contributed by atoms with E-state index in [0.29, 0.717) is 11.5 Å². The summed E-state index contributed by atoms with van der Waals surface area (Å²) in [5.74, 6) is -0.542. The summed E-state index contributed by atoms with van der Waals surface area (Å²) in [6.45, 7) is 2.20. The van der Waals surface area contributed by atoms with Crippen LogP contribution in [-0.2, 0) is 16.6 Å². The molecule has 0 fully saturated rings. The molecule has 0 spiro atoms. The van der Waals surface area contributed by atoms with E-state index in [4.69, 9.17) is 10.5 Å². The van der Waals surface area contributed by atoms with Crippen molar-refractivity contribution in [2.75, 3.05) is 11.3 Å². The summed E-state index contributed by atoms with van der Waals surface area (Å²) >= 11 is 1.26. The molecule has 0 atom stereocenters. The van der Waals surface area contributed by atoms with E-state index in [9.17, 15) is 12.8 Å². The molecule has 0 amide bonds. The van der Waals surface area contributed by atoms with Crippen LogP contribution in [0.2, 0.25) is 0 Å². The number of thiophene rings is 1. The van der Waals surface area contributed by atoms with Crippen molar-refractivity contribution in [3.8, 4) is 5.75 Å². The Hall–Kier alpha value is -1.64. The Labute approximate surface area is 126 Å². The van der Waals surface area contributed by atoms with Gasteiger partial charge in [0.05, 0.1) is 12.3 Å². The summed E-state index contributed by atoms with van der Waals surface area (Å²) in [6, 6.07) is 5.38. The molecule has 0 aliphatic heterocycles. The standard InChI is InChI=1S/C13H15FN2O3S2/c1-2-19-11-4-3-9(7-10(11)14)16-21(17,18)13-5-6-20-12(13)8-15/h3-7,16H,2,8,15H2,1H3. The summed E-state index contributed by atoms with van der Waals surface area (Å²) in [7, 11) is -3.78. The average molecular weight is 330 g/mol. The number of hydrogen-bond acceptors (Lipinski definition) is 5. The second-order valence-corrected chi connectivity index (χ2v) is 6.75. The van der Waals surface area contributed by atoms with E-state index in [-0.39, 0.29) is 22.9 Å². The molecule has 5 nitrogen and oxygen atoms in total. The predicted molar refractivity (Wildman–Crippen MR) is 80.6 cm³/mol. The first-order chi connectivity index (χ1) is 9.97. The van der Waals surface area contributed by atoms with Gasteiger partial charge in [-0.2, -0.15) is 0 Å². The molecular weight excluding hydrogens is 315 g/mol. The molecule has 0 saturated carbocycles. The zero-order valence-corrected chi connectivity index (χ0v) is 12.9. The van der Waals surface area contributed by atoms with E-state index in [1.807, 2.05) is 0 Å². The van der Waals surface area contributed by atoms with Crippen LogP contribution in [0.25, 0.3) is 0 Å². The first kappa shape index (κ1) is 15.7. The molecule has 3 N–H and O–H groups in total. The van der Waals surface area contributed by atoms with Gasteiger partial charge in [-0.3, -0.25) is 4.72 Å². The minimum Gasteiger partial charge on any atom is -0.491 e. The van der Waals surface area contributed by atoms with E-state index in [1.165, 1.54) is 29.5 Å². The lowest BCUT2D eigenvalue weighted by atomic mass is 10.3. The van der Waals surface area contributed by atoms with Gasteiger partial charge in [-0.05, 0) is 30.5 Å². The Balaban J connectivity index is 2.27. The van der Waals surface area contributed by atoms with Crippen LogP contribution in [0, 0.1) is 5.82 Å².